The molecule has 1 saturated carbocycles. The van der Waals surface area contributed by atoms with Gasteiger partial charge in [-0.1, -0.05) is 19.1 Å². The Morgan fingerprint density at radius 2 is 2.11 bits per heavy atom. The van der Waals surface area contributed by atoms with Crippen LogP contribution in [0.1, 0.15) is 35.0 Å². The van der Waals surface area contributed by atoms with Gasteiger partial charge in [-0.05, 0) is 37.6 Å². The molecule has 0 atom stereocenters. The molecule has 1 fully saturated rings. The van der Waals surface area contributed by atoms with Crippen LogP contribution in [0.15, 0.2) is 30.3 Å². The van der Waals surface area contributed by atoms with Crippen LogP contribution in [-0.4, -0.2) is 47.1 Å². The Hall–Kier alpha value is -2.38. The number of likely N-dealkylation sites (N-methyl/N-ethyl adjacent to an activating group) is 1. The lowest BCUT2D eigenvalue weighted by Crippen LogP contribution is -2.54. The molecule has 2 heterocycles. The Bertz CT molecular complexity index is 873. The van der Waals surface area contributed by atoms with Gasteiger partial charge in [0.05, 0.1) is 11.4 Å². The number of benzene rings is 1. The summed E-state index contributed by atoms with van der Waals surface area (Å²) in [6.07, 6.45) is 1.59. The van der Waals surface area contributed by atoms with E-state index in [9.17, 15) is 9.59 Å². The van der Waals surface area contributed by atoms with E-state index in [1.807, 2.05) is 42.2 Å². The van der Waals surface area contributed by atoms with Crippen LogP contribution in [0.2, 0.25) is 0 Å². The maximum absolute atomic E-state index is 12.7. The summed E-state index contributed by atoms with van der Waals surface area (Å²) in [5, 5.41) is 12.1. The molecule has 0 unspecified atom stereocenters. The quantitative estimate of drug-likeness (QED) is 0.798. The van der Waals surface area contributed by atoms with E-state index in [-0.39, 0.29) is 24.5 Å². The van der Waals surface area contributed by atoms with Crippen LogP contribution in [0, 0.1) is 0 Å². The minimum Gasteiger partial charge on any atom is -0.488 e. The molecule has 27 heavy (non-hydrogen) atoms. The van der Waals surface area contributed by atoms with Gasteiger partial charge in [-0.25, -0.2) is 0 Å². The molecule has 2 aromatic rings. The van der Waals surface area contributed by atoms with Gasteiger partial charge in [0.25, 0.3) is 5.91 Å². The molecule has 2 aliphatic rings. The van der Waals surface area contributed by atoms with Crippen molar-refractivity contribution in [1.82, 2.24) is 10.2 Å². The van der Waals surface area contributed by atoms with E-state index < -0.39 is 5.97 Å². The Labute approximate surface area is 161 Å². The van der Waals surface area contributed by atoms with E-state index >= 15 is 0 Å². The lowest BCUT2D eigenvalue weighted by Gasteiger charge is -2.42. The zero-order valence-electron chi connectivity index (χ0n) is 15.1. The monoisotopic (exact) mass is 386 g/mol. The van der Waals surface area contributed by atoms with Crippen LogP contribution in [0.3, 0.4) is 0 Å². The van der Waals surface area contributed by atoms with Crippen LogP contribution in [0.25, 0.3) is 10.4 Å². The molecule has 4 rings (SSSR count). The summed E-state index contributed by atoms with van der Waals surface area (Å²) < 4.78 is 5.76. The normalized spacial score (nSPS) is 20.2. The summed E-state index contributed by atoms with van der Waals surface area (Å²) in [5.74, 6) is -0.00801. The molecule has 1 aliphatic heterocycles. The van der Waals surface area contributed by atoms with Crippen molar-refractivity contribution in [3.05, 3.63) is 40.8 Å². The number of nitrogens with zero attached hydrogens (tertiary/aromatic N) is 1. The van der Waals surface area contributed by atoms with Gasteiger partial charge in [0.1, 0.15) is 12.4 Å². The number of rotatable bonds is 6. The number of carboxylic acid groups (broad SMARTS) is 1. The third kappa shape index (κ3) is 3.57. The number of amides is 1. The maximum Gasteiger partial charge on any atom is 0.317 e. The van der Waals surface area contributed by atoms with Crippen molar-refractivity contribution in [2.24, 2.45) is 0 Å². The third-order valence-corrected chi connectivity index (χ3v) is 6.47. The topological polar surface area (TPSA) is 78.9 Å². The van der Waals surface area contributed by atoms with Crippen molar-refractivity contribution in [1.29, 1.82) is 0 Å². The fourth-order valence-corrected chi connectivity index (χ4v) is 4.84. The minimum absolute atomic E-state index is 0.0545. The Balaban J connectivity index is 1.39. The molecule has 0 spiro atoms. The van der Waals surface area contributed by atoms with Crippen LogP contribution < -0.4 is 10.1 Å². The first-order valence-corrected chi connectivity index (χ1v) is 9.98. The lowest BCUT2D eigenvalue weighted by molar-refractivity contribution is -0.139. The van der Waals surface area contributed by atoms with E-state index in [0.29, 0.717) is 18.0 Å². The summed E-state index contributed by atoms with van der Waals surface area (Å²) in [5.41, 5.74) is 2.09. The number of carbonyl (C=O) groups excluding carboxylic acids is 1. The molecular formula is C20H22N2O4S. The van der Waals surface area contributed by atoms with Crippen molar-refractivity contribution in [2.45, 2.75) is 38.5 Å². The summed E-state index contributed by atoms with van der Waals surface area (Å²) in [7, 11) is 0. The van der Waals surface area contributed by atoms with E-state index in [0.717, 1.165) is 34.6 Å². The number of carbonyl (C=O) groups is 2. The summed E-state index contributed by atoms with van der Waals surface area (Å²) in [4.78, 5) is 27.3. The number of carboxylic acids is 1. The molecule has 0 bridgehead atoms. The summed E-state index contributed by atoms with van der Waals surface area (Å²) in [6.45, 7) is 3.21. The van der Waals surface area contributed by atoms with Crippen LogP contribution in [0.4, 0.5) is 0 Å². The second-order valence-corrected chi connectivity index (χ2v) is 8.05. The number of aliphatic carboxylic acids is 1. The van der Waals surface area contributed by atoms with Crippen molar-refractivity contribution in [3.8, 4) is 16.2 Å². The molecule has 1 aromatic carbocycles. The molecule has 0 saturated heterocycles. The average molecular weight is 386 g/mol. The summed E-state index contributed by atoms with van der Waals surface area (Å²) in [6, 6.07) is 10.1. The van der Waals surface area contributed by atoms with Gasteiger partial charge >= 0.3 is 5.97 Å². The third-order valence-electron chi connectivity index (χ3n) is 5.26. The van der Waals surface area contributed by atoms with Gasteiger partial charge in [-0.2, -0.15) is 0 Å². The fraction of sp³-hybridized carbons (Fsp3) is 0.400. The van der Waals surface area contributed by atoms with E-state index in [2.05, 4.69) is 5.32 Å². The molecule has 1 aromatic heterocycles. The standard InChI is InChI=1S/C20H22N2O4S/c1-2-22(10-18(23)24)14-8-13(9-14)21-20(25)17-7-12-11-26-16-6-4-3-5-15(16)19(12)27-17/h3-7,13-14H,2,8-11H2,1H3,(H,21,25)(H,23,24). The van der Waals surface area contributed by atoms with Gasteiger partial charge < -0.3 is 15.2 Å². The molecule has 7 heteroatoms. The van der Waals surface area contributed by atoms with E-state index in [4.69, 9.17) is 9.84 Å². The number of nitrogens with one attached hydrogen (secondary N) is 1. The predicted molar refractivity (Wildman–Crippen MR) is 103 cm³/mol. The number of para-hydroxylation sites is 1. The van der Waals surface area contributed by atoms with Crippen LogP contribution in [0.5, 0.6) is 5.75 Å². The average Bonchev–Trinajstić information content (AvgIpc) is 3.07. The van der Waals surface area contributed by atoms with Crippen molar-refractivity contribution in [2.75, 3.05) is 13.1 Å². The molecule has 1 aliphatic carbocycles. The molecule has 6 nitrogen and oxygen atoms in total. The zero-order valence-corrected chi connectivity index (χ0v) is 15.9. The van der Waals surface area contributed by atoms with Crippen LogP contribution in [-0.2, 0) is 11.4 Å². The first-order chi connectivity index (χ1) is 13.0. The zero-order chi connectivity index (χ0) is 19.0. The largest absolute Gasteiger partial charge is 0.488 e. The number of hydrogen-bond donors (Lipinski definition) is 2. The lowest BCUT2D eigenvalue weighted by atomic mass is 9.85. The number of fused-ring (bicyclic) bond motifs is 3. The first-order valence-electron chi connectivity index (χ1n) is 9.16. The minimum atomic E-state index is -0.809. The highest BCUT2D eigenvalue weighted by Crippen LogP contribution is 2.42. The van der Waals surface area contributed by atoms with Crippen molar-refractivity contribution >= 4 is 23.2 Å². The number of hydrogen-bond acceptors (Lipinski definition) is 5. The predicted octanol–water partition coefficient (Wildman–Crippen LogP) is 2.97. The van der Waals surface area contributed by atoms with Crippen LogP contribution >= 0.6 is 11.3 Å². The molecular weight excluding hydrogens is 364 g/mol. The second kappa shape index (κ2) is 7.32. The fourth-order valence-electron chi connectivity index (χ4n) is 3.74. The van der Waals surface area contributed by atoms with E-state index in [1.165, 1.54) is 11.3 Å². The Kier molecular flexibility index (Phi) is 4.88. The number of thiophene rings is 1. The highest BCUT2D eigenvalue weighted by molar-refractivity contribution is 7.17. The highest BCUT2D eigenvalue weighted by Gasteiger charge is 2.35. The number of ether oxygens (including phenoxy) is 1. The second-order valence-electron chi connectivity index (χ2n) is 7.00. The maximum atomic E-state index is 12.7. The van der Waals surface area contributed by atoms with Crippen molar-refractivity contribution in [3.63, 3.8) is 0 Å². The molecule has 2 N–H and O–H groups in total. The van der Waals surface area contributed by atoms with E-state index in [1.54, 1.807) is 0 Å². The Morgan fingerprint density at radius 1 is 1.33 bits per heavy atom. The van der Waals surface area contributed by atoms with Gasteiger partial charge in [0.2, 0.25) is 0 Å². The van der Waals surface area contributed by atoms with Gasteiger partial charge in [0, 0.05) is 28.1 Å². The molecule has 1 amide bonds. The SMILES string of the molecule is CCN(CC(=O)O)C1CC(NC(=O)c2cc3c(s2)-c2ccccc2OC3)C1. The Morgan fingerprint density at radius 3 is 2.85 bits per heavy atom. The van der Waals surface area contributed by atoms with Gasteiger partial charge in [-0.15, -0.1) is 11.3 Å². The highest BCUT2D eigenvalue weighted by atomic mass is 32.1. The first kappa shape index (κ1) is 18.0. The van der Waals surface area contributed by atoms with Gasteiger partial charge in [-0.3, -0.25) is 14.5 Å². The molecule has 142 valence electrons. The van der Waals surface area contributed by atoms with Crippen molar-refractivity contribution < 1.29 is 19.4 Å². The summed E-state index contributed by atoms with van der Waals surface area (Å²) >= 11 is 1.50. The molecule has 0 radical (unpaired) electrons. The smallest absolute Gasteiger partial charge is 0.317 e. The van der Waals surface area contributed by atoms with Gasteiger partial charge in [0.15, 0.2) is 0 Å².